The molecule has 2 aromatic carbocycles. The molecule has 1 atom stereocenters. The quantitative estimate of drug-likeness (QED) is 0.761. The highest BCUT2D eigenvalue weighted by Gasteiger charge is 2.27. The largest absolute Gasteiger partial charge is 0.508 e. The highest BCUT2D eigenvalue weighted by molar-refractivity contribution is 8.05. The lowest BCUT2D eigenvalue weighted by atomic mass is 10.2. The van der Waals surface area contributed by atoms with Crippen molar-refractivity contribution >= 4 is 29.4 Å². The molecule has 0 bridgehead atoms. The lowest BCUT2D eigenvalue weighted by Crippen LogP contribution is -2.31. The number of carbonyl (C=O) groups is 1. The van der Waals surface area contributed by atoms with Crippen LogP contribution in [0.5, 0.6) is 5.75 Å². The Balaban J connectivity index is 1.75. The van der Waals surface area contributed by atoms with Crippen LogP contribution in [0.2, 0.25) is 0 Å². The second kappa shape index (κ2) is 6.11. The molecule has 1 heterocycles. The van der Waals surface area contributed by atoms with Crippen LogP contribution >= 0.6 is 11.8 Å². The van der Waals surface area contributed by atoms with Gasteiger partial charge >= 0.3 is 0 Å². The number of rotatable bonds is 3. The Morgan fingerprint density at radius 2 is 2.05 bits per heavy atom. The van der Waals surface area contributed by atoms with Crippen LogP contribution in [-0.2, 0) is 4.79 Å². The summed E-state index contributed by atoms with van der Waals surface area (Å²) in [6, 6.07) is 12.9. The minimum Gasteiger partial charge on any atom is -0.508 e. The summed E-state index contributed by atoms with van der Waals surface area (Å²) in [5.41, 5.74) is 0.621. The summed E-state index contributed by atoms with van der Waals surface area (Å²) >= 11 is 1.26. The van der Waals surface area contributed by atoms with E-state index in [2.05, 4.69) is 10.6 Å². The molecule has 6 heteroatoms. The molecule has 0 radical (unpaired) electrons. The van der Waals surface area contributed by atoms with E-state index in [1.54, 1.807) is 48.5 Å². The van der Waals surface area contributed by atoms with Gasteiger partial charge in [-0.05, 0) is 35.9 Å². The summed E-state index contributed by atoms with van der Waals surface area (Å²) in [5.74, 6) is -0.469. The molecule has 0 aromatic heterocycles. The SMILES string of the molecule is O=C1NC(Nc2ccccc2F)S/C1=C\c1cccc(O)c1. The van der Waals surface area contributed by atoms with Gasteiger partial charge in [0.2, 0.25) is 0 Å². The molecule has 0 aliphatic carbocycles. The van der Waals surface area contributed by atoms with Crippen LogP contribution in [0.15, 0.2) is 53.4 Å². The van der Waals surface area contributed by atoms with Gasteiger partial charge in [0, 0.05) is 0 Å². The molecular weight excluding hydrogens is 303 g/mol. The van der Waals surface area contributed by atoms with Crippen LogP contribution in [0.1, 0.15) is 5.56 Å². The van der Waals surface area contributed by atoms with Gasteiger partial charge < -0.3 is 15.7 Å². The van der Waals surface area contributed by atoms with Crippen molar-refractivity contribution in [1.82, 2.24) is 5.32 Å². The number of halogens is 1. The van der Waals surface area contributed by atoms with Crippen LogP contribution in [0.4, 0.5) is 10.1 Å². The second-order valence-corrected chi connectivity index (χ2v) is 5.85. The number of hydrogen-bond donors (Lipinski definition) is 3. The Labute approximate surface area is 131 Å². The van der Waals surface area contributed by atoms with Crippen molar-refractivity contribution in [1.29, 1.82) is 0 Å². The van der Waals surface area contributed by atoms with E-state index in [0.29, 0.717) is 10.6 Å². The molecule has 3 rings (SSSR count). The van der Waals surface area contributed by atoms with E-state index < -0.39 is 5.50 Å². The Morgan fingerprint density at radius 1 is 1.23 bits per heavy atom. The number of phenols is 1. The molecule has 1 amide bonds. The fourth-order valence-electron chi connectivity index (χ4n) is 2.05. The molecule has 2 aromatic rings. The molecule has 1 unspecified atom stereocenters. The average Bonchev–Trinajstić information content (AvgIpc) is 2.81. The third-order valence-corrected chi connectivity index (χ3v) is 4.09. The topological polar surface area (TPSA) is 61.4 Å². The lowest BCUT2D eigenvalue weighted by Gasteiger charge is -2.12. The number of hydrogen-bond acceptors (Lipinski definition) is 4. The first-order chi connectivity index (χ1) is 10.6. The first kappa shape index (κ1) is 14.5. The molecule has 0 spiro atoms. The summed E-state index contributed by atoms with van der Waals surface area (Å²) in [4.78, 5) is 12.5. The number of benzene rings is 2. The van der Waals surface area contributed by atoms with E-state index in [9.17, 15) is 14.3 Å². The maximum Gasteiger partial charge on any atom is 0.260 e. The molecule has 4 nitrogen and oxygen atoms in total. The van der Waals surface area contributed by atoms with Crippen LogP contribution in [0.25, 0.3) is 6.08 Å². The van der Waals surface area contributed by atoms with E-state index in [0.717, 1.165) is 5.56 Å². The second-order valence-electron chi connectivity index (χ2n) is 4.70. The van der Waals surface area contributed by atoms with Gasteiger partial charge in [0.05, 0.1) is 10.6 Å². The predicted octanol–water partition coefficient (Wildman–Crippen LogP) is 3.13. The number of nitrogens with one attached hydrogen (secondary N) is 2. The standard InChI is InChI=1S/C16H13FN2O2S/c17-12-6-1-2-7-13(12)18-16-19-15(21)14(22-16)9-10-4-3-5-11(20)8-10/h1-9,16,18,20H,(H,19,21)/b14-9-. The van der Waals surface area contributed by atoms with Crippen molar-refractivity contribution in [2.24, 2.45) is 0 Å². The number of amides is 1. The third kappa shape index (κ3) is 3.23. The zero-order valence-electron chi connectivity index (χ0n) is 11.4. The highest BCUT2D eigenvalue weighted by Crippen LogP contribution is 2.31. The van der Waals surface area contributed by atoms with Gasteiger partial charge in [-0.25, -0.2) is 4.39 Å². The minimum atomic E-state index is -0.437. The molecule has 3 N–H and O–H groups in total. The first-order valence-electron chi connectivity index (χ1n) is 6.61. The number of anilines is 1. The van der Waals surface area contributed by atoms with E-state index in [1.807, 2.05) is 0 Å². The molecule has 1 saturated heterocycles. The van der Waals surface area contributed by atoms with E-state index >= 15 is 0 Å². The zero-order chi connectivity index (χ0) is 15.5. The van der Waals surface area contributed by atoms with Gasteiger partial charge in [0.15, 0.2) is 5.50 Å². The summed E-state index contributed by atoms with van der Waals surface area (Å²) in [6.45, 7) is 0. The van der Waals surface area contributed by atoms with Crippen LogP contribution in [0.3, 0.4) is 0 Å². The fraction of sp³-hybridized carbons (Fsp3) is 0.0625. The summed E-state index contributed by atoms with van der Waals surface area (Å²) < 4.78 is 13.6. The van der Waals surface area contributed by atoms with Crippen molar-refractivity contribution in [3.05, 3.63) is 64.8 Å². The predicted molar refractivity (Wildman–Crippen MR) is 85.6 cm³/mol. The summed E-state index contributed by atoms with van der Waals surface area (Å²) in [7, 11) is 0. The maximum atomic E-state index is 13.6. The Morgan fingerprint density at radius 3 is 2.82 bits per heavy atom. The Bertz CT molecular complexity index is 748. The Kier molecular flexibility index (Phi) is 4.02. The van der Waals surface area contributed by atoms with Crippen molar-refractivity contribution in [2.75, 3.05) is 5.32 Å². The number of thioether (sulfide) groups is 1. The van der Waals surface area contributed by atoms with Gasteiger partial charge in [-0.3, -0.25) is 4.79 Å². The number of aromatic hydroxyl groups is 1. The normalized spacial score (nSPS) is 19.2. The van der Waals surface area contributed by atoms with Crippen molar-refractivity contribution in [3.8, 4) is 5.75 Å². The highest BCUT2D eigenvalue weighted by atomic mass is 32.2. The van der Waals surface area contributed by atoms with Crippen molar-refractivity contribution < 1.29 is 14.3 Å². The number of carbonyl (C=O) groups excluding carboxylic acids is 1. The number of phenolic OH excluding ortho intramolecular Hbond substituents is 1. The van der Waals surface area contributed by atoms with Crippen LogP contribution in [0, 0.1) is 5.82 Å². The van der Waals surface area contributed by atoms with Crippen LogP contribution < -0.4 is 10.6 Å². The number of para-hydroxylation sites is 1. The van der Waals surface area contributed by atoms with Gasteiger partial charge in [0.1, 0.15) is 11.6 Å². The van der Waals surface area contributed by atoms with Crippen molar-refractivity contribution in [3.63, 3.8) is 0 Å². The van der Waals surface area contributed by atoms with Gasteiger partial charge in [-0.1, -0.05) is 36.0 Å². The first-order valence-corrected chi connectivity index (χ1v) is 7.49. The summed E-state index contributed by atoms with van der Waals surface area (Å²) in [6.07, 6.45) is 1.68. The van der Waals surface area contributed by atoms with Crippen LogP contribution in [-0.4, -0.2) is 16.5 Å². The smallest absolute Gasteiger partial charge is 0.260 e. The van der Waals surface area contributed by atoms with Gasteiger partial charge in [0.25, 0.3) is 5.91 Å². The third-order valence-electron chi connectivity index (χ3n) is 3.06. The van der Waals surface area contributed by atoms with Gasteiger partial charge in [-0.2, -0.15) is 0 Å². The molecule has 1 aliphatic rings. The van der Waals surface area contributed by atoms with Crippen molar-refractivity contribution in [2.45, 2.75) is 5.50 Å². The van der Waals surface area contributed by atoms with E-state index in [1.165, 1.54) is 17.8 Å². The molecule has 22 heavy (non-hydrogen) atoms. The van der Waals surface area contributed by atoms with Gasteiger partial charge in [-0.15, -0.1) is 0 Å². The lowest BCUT2D eigenvalue weighted by molar-refractivity contribution is -0.116. The summed E-state index contributed by atoms with van der Waals surface area (Å²) in [5, 5.41) is 15.1. The average molecular weight is 316 g/mol. The molecule has 112 valence electrons. The molecule has 0 saturated carbocycles. The molecule has 1 fully saturated rings. The molecular formula is C16H13FN2O2S. The fourth-order valence-corrected chi connectivity index (χ4v) is 3.03. The van der Waals surface area contributed by atoms with E-state index in [-0.39, 0.29) is 17.5 Å². The maximum absolute atomic E-state index is 13.6. The van der Waals surface area contributed by atoms with E-state index in [4.69, 9.17) is 0 Å². The Hall–Kier alpha value is -2.47. The monoisotopic (exact) mass is 316 g/mol. The zero-order valence-corrected chi connectivity index (χ0v) is 12.2. The molecule has 1 aliphatic heterocycles. The minimum absolute atomic E-state index is 0.138.